The number of rotatable bonds is 6. The van der Waals surface area contributed by atoms with Crippen molar-refractivity contribution < 1.29 is 0 Å². The quantitative estimate of drug-likeness (QED) is 0.886. The highest BCUT2D eigenvalue weighted by molar-refractivity contribution is 7.08. The van der Waals surface area contributed by atoms with Crippen LogP contribution in [0.25, 0.3) is 0 Å². The average molecular weight is 327 g/mol. The Balaban J connectivity index is 2.15. The fraction of sp³-hybridized carbons (Fsp3) is 0.429. The standard InChI is InChI=1S/C14H19ClN4OS/c1-10(11-4-7-21-9-11)17-12-8-16-19(6-5-18(2)3)14(20)13(12)15/h4,7-10,17H,5-6H2,1-3H3. The molecule has 0 saturated carbocycles. The molecule has 0 aromatic carbocycles. The molecule has 1 atom stereocenters. The van der Waals surface area contributed by atoms with Crippen LogP contribution in [0.5, 0.6) is 0 Å². The summed E-state index contributed by atoms with van der Waals surface area (Å²) < 4.78 is 1.39. The van der Waals surface area contributed by atoms with Crippen molar-refractivity contribution in [3.05, 3.63) is 44.0 Å². The van der Waals surface area contributed by atoms with E-state index in [-0.39, 0.29) is 16.6 Å². The van der Waals surface area contributed by atoms with E-state index < -0.39 is 0 Å². The lowest BCUT2D eigenvalue weighted by atomic mass is 10.2. The van der Waals surface area contributed by atoms with E-state index in [0.29, 0.717) is 12.2 Å². The summed E-state index contributed by atoms with van der Waals surface area (Å²) in [6.07, 6.45) is 1.61. The molecule has 2 rings (SSSR count). The van der Waals surface area contributed by atoms with Crippen LogP contribution >= 0.6 is 22.9 Å². The number of likely N-dealkylation sites (N-methyl/N-ethyl adjacent to an activating group) is 1. The molecule has 0 bridgehead atoms. The maximum Gasteiger partial charge on any atom is 0.287 e. The summed E-state index contributed by atoms with van der Waals surface area (Å²) in [7, 11) is 3.90. The first-order valence-electron chi connectivity index (χ1n) is 6.68. The van der Waals surface area contributed by atoms with Crippen molar-refractivity contribution in [2.75, 3.05) is 26.0 Å². The highest BCUT2D eigenvalue weighted by atomic mass is 35.5. The predicted octanol–water partition coefficient (Wildman–Crippen LogP) is 2.69. The maximum atomic E-state index is 12.2. The average Bonchev–Trinajstić information content (AvgIpc) is 2.97. The second-order valence-corrected chi connectivity index (χ2v) is 6.28. The van der Waals surface area contributed by atoms with Gasteiger partial charge in [0.15, 0.2) is 0 Å². The minimum Gasteiger partial charge on any atom is -0.376 e. The zero-order chi connectivity index (χ0) is 15.4. The normalized spacial score (nSPS) is 12.6. The van der Waals surface area contributed by atoms with Gasteiger partial charge in [0, 0.05) is 12.6 Å². The van der Waals surface area contributed by atoms with E-state index in [9.17, 15) is 4.79 Å². The Kier molecular flexibility index (Phi) is 5.39. The van der Waals surface area contributed by atoms with Gasteiger partial charge in [-0.3, -0.25) is 4.79 Å². The maximum absolute atomic E-state index is 12.2. The molecule has 1 unspecified atom stereocenters. The first kappa shape index (κ1) is 16.0. The molecule has 0 spiro atoms. The van der Waals surface area contributed by atoms with Crippen LogP contribution in [0.15, 0.2) is 27.8 Å². The molecule has 0 amide bonds. The molecule has 0 radical (unpaired) electrons. The summed E-state index contributed by atoms with van der Waals surface area (Å²) >= 11 is 7.81. The van der Waals surface area contributed by atoms with E-state index in [2.05, 4.69) is 15.8 Å². The fourth-order valence-corrected chi connectivity index (χ4v) is 2.81. The molecular formula is C14H19ClN4OS. The van der Waals surface area contributed by atoms with E-state index in [0.717, 1.165) is 12.1 Å². The van der Waals surface area contributed by atoms with Crippen molar-refractivity contribution in [3.8, 4) is 0 Å². The molecule has 7 heteroatoms. The Morgan fingerprint density at radius 3 is 2.90 bits per heavy atom. The van der Waals surface area contributed by atoms with Crippen molar-refractivity contribution in [2.24, 2.45) is 0 Å². The summed E-state index contributed by atoms with van der Waals surface area (Å²) in [6.45, 7) is 3.28. The van der Waals surface area contributed by atoms with Gasteiger partial charge in [-0.05, 0) is 43.4 Å². The lowest BCUT2D eigenvalue weighted by Crippen LogP contribution is -2.29. The number of halogens is 1. The third kappa shape index (κ3) is 4.06. The Labute approximate surface area is 133 Å². The highest BCUT2D eigenvalue weighted by Gasteiger charge is 2.12. The number of anilines is 1. The van der Waals surface area contributed by atoms with Crippen LogP contribution in [0.4, 0.5) is 5.69 Å². The van der Waals surface area contributed by atoms with Gasteiger partial charge in [-0.1, -0.05) is 11.6 Å². The van der Waals surface area contributed by atoms with E-state index in [1.165, 1.54) is 4.68 Å². The molecule has 0 aliphatic carbocycles. The van der Waals surface area contributed by atoms with Crippen molar-refractivity contribution in [2.45, 2.75) is 19.5 Å². The van der Waals surface area contributed by atoms with Gasteiger partial charge < -0.3 is 10.2 Å². The van der Waals surface area contributed by atoms with E-state index in [4.69, 9.17) is 11.6 Å². The zero-order valence-electron chi connectivity index (χ0n) is 12.3. The number of hydrogen-bond acceptors (Lipinski definition) is 5. The molecule has 0 fully saturated rings. The first-order chi connectivity index (χ1) is 9.99. The number of nitrogens with zero attached hydrogens (tertiary/aromatic N) is 3. The summed E-state index contributed by atoms with van der Waals surface area (Å²) in [5, 5.41) is 11.7. The van der Waals surface area contributed by atoms with Crippen LogP contribution in [0, 0.1) is 0 Å². The summed E-state index contributed by atoms with van der Waals surface area (Å²) in [5.74, 6) is 0. The van der Waals surface area contributed by atoms with Gasteiger partial charge in [0.25, 0.3) is 5.56 Å². The van der Waals surface area contributed by atoms with Gasteiger partial charge in [0.2, 0.25) is 0 Å². The Bertz CT molecular complexity index is 639. The van der Waals surface area contributed by atoms with E-state index in [1.807, 2.05) is 37.4 Å². The van der Waals surface area contributed by atoms with Crippen LogP contribution in [0.3, 0.4) is 0 Å². The topological polar surface area (TPSA) is 50.2 Å². The monoisotopic (exact) mass is 326 g/mol. The summed E-state index contributed by atoms with van der Waals surface area (Å²) in [4.78, 5) is 14.2. The number of nitrogens with one attached hydrogen (secondary N) is 1. The number of hydrogen-bond donors (Lipinski definition) is 1. The van der Waals surface area contributed by atoms with Crippen molar-refractivity contribution in [1.82, 2.24) is 14.7 Å². The van der Waals surface area contributed by atoms with Crippen LogP contribution in [0.2, 0.25) is 5.02 Å². The Hall–Kier alpha value is -1.37. The molecule has 21 heavy (non-hydrogen) atoms. The number of aromatic nitrogens is 2. The largest absolute Gasteiger partial charge is 0.376 e. The third-order valence-electron chi connectivity index (χ3n) is 3.16. The zero-order valence-corrected chi connectivity index (χ0v) is 13.9. The lowest BCUT2D eigenvalue weighted by Gasteiger charge is -2.16. The second-order valence-electron chi connectivity index (χ2n) is 5.13. The molecule has 0 saturated heterocycles. The van der Waals surface area contributed by atoms with Gasteiger partial charge in [-0.2, -0.15) is 16.4 Å². The van der Waals surface area contributed by atoms with Crippen molar-refractivity contribution in [1.29, 1.82) is 0 Å². The molecular weight excluding hydrogens is 308 g/mol. The minimum absolute atomic E-state index is 0.0765. The lowest BCUT2D eigenvalue weighted by molar-refractivity contribution is 0.367. The van der Waals surface area contributed by atoms with Gasteiger partial charge in [-0.25, -0.2) is 4.68 Å². The molecule has 0 aliphatic heterocycles. The van der Waals surface area contributed by atoms with Gasteiger partial charge in [-0.15, -0.1) is 0 Å². The molecule has 1 N–H and O–H groups in total. The highest BCUT2D eigenvalue weighted by Crippen LogP contribution is 2.23. The van der Waals surface area contributed by atoms with E-state index in [1.54, 1.807) is 17.5 Å². The third-order valence-corrected chi connectivity index (χ3v) is 4.23. The van der Waals surface area contributed by atoms with Crippen LogP contribution in [-0.2, 0) is 6.54 Å². The van der Waals surface area contributed by atoms with Crippen molar-refractivity contribution in [3.63, 3.8) is 0 Å². The molecule has 2 heterocycles. The fourth-order valence-electron chi connectivity index (χ4n) is 1.86. The van der Waals surface area contributed by atoms with Crippen LogP contribution in [-0.4, -0.2) is 35.3 Å². The van der Waals surface area contributed by atoms with Crippen LogP contribution in [0.1, 0.15) is 18.5 Å². The molecule has 2 aromatic heterocycles. The van der Waals surface area contributed by atoms with Crippen LogP contribution < -0.4 is 10.9 Å². The van der Waals surface area contributed by atoms with Crippen molar-refractivity contribution >= 4 is 28.6 Å². The van der Waals surface area contributed by atoms with Gasteiger partial charge in [0.1, 0.15) is 5.02 Å². The Morgan fingerprint density at radius 2 is 2.29 bits per heavy atom. The first-order valence-corrected chi connectivity index (χ1v) is 8.00. The summed E-state index contributed by atoms with van der Waals surface area (Å²) in [6, 6.07) is 2.12. The van der Waals surface area contributed by atoms with E-state index >= 15 is 0 Å². The smallest absolute Gasteiger partial charge is 0.287 e. The Morgan fingerprint density at radius 1 is 1.52 bits per heavy atom. The SMILES string of the molecule is CC(Nc1cnn(CCN(C)C)c(=O)c1Cl)c1ccsc1. The summed E-state index contributed by atoms with van der Waals surface area (Å²) in [5.41, 5.74) is 1.47. The van der Waals surface area contributed by atoms with Gasteiger partial charge >= 0.3 is 0 Å². The molecule has 5 nitrogen and oxygen atoms in total. The molecule has 114 valence electrons. The minimum atomic E-state index is -0.263. The molecule has 2 aromatic rings. The number of thiophene rings is 1. The predicted molar refractivity (Wildman–Crippen MR) is 88.4 cm³/mol. The van der Waals surface area contributed by atoms with Gasteiger partial charge in [0.05, 0.1) is 18.4 Å². The molecule has 0 aliphatic rings. The second kappa shape index (κ2) is 7.06.